The third-order valence-electron chi connectivity index (χ3n) is 6.31. The number of carboxylic acids is 1. The van der Waals surface area contributed by atoms with Crippen LogP contribution in [0.3, 0.4) is 0 Å². The number of carboxylic acid groups (broad SMARTS) is 1. The van der Waals surface area contributed by atoms with Crippen molar-refractivity contribution in [3.05, 3.63) is 46.0 Å². The second-order valence-electron chi connectivity index (χ2n) is 8.15. The SMILES string of the molecule is C[C@@H](O)[C@H]1C(=O)N2C(C(=O)O)=C(S[C@@H]3CN[C@H](c4ccc(CN)cc4)C3)[C@H](C)[C@H]12. The number of nitrogens with two attached hydrogens (primary N) is 1. The van der Waals surface area contributed by atoms with Gasteiger partial charge in [0.15, 0.2) is 0 Å². The fraction of sp³-hybridized carbons (Fsp3) is 0.524. The maximum atomic E-state index is 12.5. The molecular weight excluding hydrogens is 390 g/mol. The summed E-state index contributed by atoms with van der Waals surface area (Å²) in [5.41, 5.74) is 8.06. The second-order valence-corrected chi connectivity index (χ2v) is 9.50. The molecule has 1 amide bonds. The van der Waals surface area contributed by atoms with Gasteiger partial charge in [0.1, 0.15) is 5.70 Å². The molecular formula is C21H27N3O4S. The van der Waals surface area contributed by atoms with E-state index in [2.05, 4.69) is 17.4 Å². The molecule has 8 heteroatoms. The minimum atomic E-state index is -1.07. The van der Waals surface area contributed by atoms with Gasteiger partial charge in [-0.1, -0.05) is 31.2 Å². The highest BCUT2D eigenvalue weighted by atomic mass is 32.2. The largest absolute Gasteiger partial charge is 0.477 e. The van der Waals surface area contributed by atoms with Gasteiger partial charge in [0, 0.05) is 35.2 Å². The van der Waals surface area contributed by atoms with E-state index < -0.39 is 18.0 Å². The number of nitrogens with one attached hydrogen (secondary N) is 1. The smallest absolute Gasteiger partial charge is 0.353 e. The number of thioether (sulfide) groups is 1. The Bertz CT molecular complexity index is 854. The molecule has 156 valence electrons. The third-order valence-corrected chi connectivity index (χ3v) is 7.82. The lowest BCUT2D eigenvalue weighted by Gasteiger charge is -2.46. The van der Waals surface area contributed by atoms with Crippen LogP contribution >= 0.6 is 11.8 Å². The summed E-state index contributed by atoms with van der Waals surface area (Å²) in [5, 5.41) is 23.5. The van der Waals surface area contributed by atoms with E-state index in [1.807, 2.05) is 19.1 Å². The summed E-state index contributed by atoms with van der Waals surface area (Å²) in [6, 6.07) is 8.21. The fourth-order valence-electron chi connectivity index (χ4n) is 4.79. The van der Waals surface area contributed by atoms with Gasteiger partial charge in [0.25, 0.3) is 0 Å². The molecule has 29 heavy (non-hydrogen) atoms. The minimum absolute atomic E-state index is 0.0914. The number of carbonyl (C=O) groups is 2. The van der Waals surface area contributed by atoms with Gasteiger partial charge in [-0.25, -0.2) is 4.79 Å². The molecule has 1 aromatic carbocycles. The molecule has 4 rings (SSSR count). The van der Waals surface area contributed by atoms with E-state index in [0.717, 1.165) is 23.4 Å². The lowest BCUT2D eigenvalue weighted by Crippen LogP contribution is -2.63. The van der Waals surface area contributed by atoms with Gasteiger partial charge in [-0.3, -0.25) is 4.79 Å². The number of aliphatic carboxylic acids is 1. The minimum Gasteiger partial charge on any atom is -0.477 e. The number of carbonyl (C=O) groups excluding carboxylic acids is 1. The topological polar surface area (TPSA) is 116 Å². The molecule has 0 spiro atoms. The first kappa shape index (κ1) is 20.4. The Morgan fingerprint density at radius 2 is 2.07 bits per heavy atom. The van der Waals surface area contributed by atoms with Gasteiger partial charge in [-0.15, -0.1) is 11.8 Å². The van der Waals surface area contributed by atoms with Crippen LogP contribution in [0.2, 0.25) is 0 Å². The van der Waals surface area contributed by atoms with Gasteiger partial charge in [0.05, 0.1) is 18.1 Å². The van der Waals surface area contributed by atoms with Gasteiger partial charge in [0.2, 0.25) is 5.91 Å². The lowest BCUT2D eigenvalue weighted by atomic mass is 9.79. The number of fused-ring (bicyclic) bond motifs is 1. The number of aliphatic hydroxyl groups is 1. The average Bonchev–Trinajstić information content (AvgIpc) is 3.24. The molecule has 2 fully saturated rings. The second kappa shape index (κ2) is 7.75. The van der Waals surface area contributed by atoms with E-state index in [4.69, 9.17) is 5.73 Å². The summed E-state index contributed by atoms with van der Waals surface area (Å²) >= 11 is 1.57. The van der Waals surface area contributed by atoms with E-state index in [1.54, 1.807) is 18.7 Å². The maximum Gasteiger partial charge on any atom is 0.353 e. The summed E-state index contributed by atoms with van der Waals surface area (Å²) in [7, 11) is 0. The summed E-state index contributed by atoms with van der Waals surface area (Å²) in [4.78, 5) is 26.5. The quantitative estimate of drug-likeness (QED) is 0.518. The Morgan fingerprint density at radius 3 is 2.66 bits per heavy atom. The number of benzene rings is 1. The predicted octanol–water partition coefficient (Wildman–Crippen LogP) is 1.44. The van der Waals surface area contributed by atoms with Crippen LogP contribution in [0.5, 0.6) is 0 Å². The van der Waals surface area contributed by atoms with E-state index in [-0.39, 0.29) is 34.9 Å². The first-order valence-electron chi connectivity index (χ1n) is 10.0. The van der Waals surface area contributed by atoms with Crippen molar-refractivity contribution in [2.45, 2.75) is 50.3 Å². The van der Waals surface area contributed by atoms with Crippen LogP contribution in [0.4, 0.5) is 0 Å². The molecule has 7 nitrogen and oxygen atoms in total. The van der Waals surface area contributed by atoms with Crippen molar-refractivity contribution in [1.82, 2.24) is 10.2 Å². The zero-order valence-corrected chi connectivity index (χ0v) is 17.4. The van der Waals surface area contributed by atoms with E-state index in [9.17, 15) is 19.8 Å². The zero-order chi connectivity index (χ0) is 20.9. The van der Waals surface area contributed by atoms with Crippen LogP contribution in [0.1, 0.15) is 37.4 Å². The molecule has 6 atom stereocenters. The third kappa shape index (κ3) is 3.38. The van der Waals surface area contributed by atoms with Crippen molar-refractivity contribution in [3.8, 4) is 0 Å². The molecule has 2 saturated heterocycles. The van der Waals surface area contributed by atoms with Crippen molar-refractivity contribution >= 4 is 23.6 Å². The number of amides is 1. The fourth-order valence-corrected chi connectivity index (χ4v) is 6.27. The number of β-lactam (4-membered cyclic amide) rings is 1. The highest BCUT2D eigenvalue weighted by molar-refractivity contribution is 8.03. The standard InChI is InChI=1S/C21H27N3O4S/c1-10-17-16(11(2)25)20(26)24(17)18(21(27)28)19(10)29-14-7-15(23-9-14)13-5-3-12(8-22)4-6-13/h3-6,10-11,14-17,23,25H,7-9,22H2,1-2H3,(H,27,28)/t10-,11-,14+,15+,16-,17-/m1/s1. The molecule has 0 unspecified atom stereocenters. The van der Waals surface area contributed by atoms with Crippen LogP contribution in [-0.2, 0) is 16.1 Å². The molecule has 3 aliphatic heterocycles. The summed E-state index contributed by atoms with van der Waals surface area (Å²) < 4.78 is 0. The van der Waals surface area contributed by atoms with Crippen LogP contribution in [0.25, 0.3) is 0 Å². The Labute approximate surface area is 174 Å². The number of nitrogens with zero attached hydrogens (tertiary/aromatic N) is 1. The number of rotatable bonds is 6. The molecule has 0 bridgehead atoms. The van der Waals surface area contributed by atoms with Gasteiger partial charge in [-0.05, 0) is 24.5 Å². The molecule has 0 radical (unpaired) electrons. The zero-order valence-electron chi connectivity index (χ0n) is 16.5. The summed E-state index contributed by atoms with van der Waals surface area (Å²) in [5.74, 6) is -1.97. The Morgan fingerprint density at radius 1 is 1.38 bits per heavy atom. The van der Waals surface area contributed by atoms with Crippen LogP contribution in [-0.4, -0.2) is 50.9 Å². The summed E-state index contributed by atoms with van der Waals surface area (Å²) in [6.45, 7) is 4.85. The molecule has 3 aliphatic rings. The average molecular weight is 418 g/mol. The molecule has 0 aromatic heterocycles. The van der Waals surface area contributed by atoms with Crippen molar-refractivity contribution in [2.75, 3.05) is 6.54 Å². The predicted molar refractivity (Wildman–Crippen MR) is 111 cm³/mol. The van der Waals surface area contributed by atoms with E-state index in [1.165, 1.54) is 10.5 Å². The van der Waals surface area contributed by atoms with Crippen molar-refractivity contribution in [2.24, 2.45) is 17.6 Å². The molecule has 0 aliphatic carbocycles. The molecule has 5 N–H and O–H groups in total. The number of aliphatic hydroxyl groups excluding tert-OH is 1. The Hall–Kier alpha value is -1.87. The van der Waals surface area contributed by atoms with Crippen LogP contribution < -0.4 is 11.1 Å². The van der Waals surface area contributed by atoms with Gasteiger partial charge < -0.3 is 26.2 Å². The molecule has 0 saturated carbocycles. The van der Waals surface area contributed by atoms with Crippen LogP contribution in [0.15, 0.2) is 34.9 Å². The first-order valence-corrected chi connectivity index (χ1v) is 10.9. The van der Waals surface area contributed by atoms with E-state index >= 15 is 0 Å². The van der Waals surface area contributed by atoms with Gasteiger partial charge in [-0.2, -0.15) is 0 Å². The van der Waals surface area contributed by atoms with Crippen molar-refractivity contribution in [1.29, 1.82) is 0 Å². The molecule has 3 heterocycles. The highest BCUT2D eigenvalue weighted by Crippen LogP contribution is 2.52. The highest BCUT2D eigenvalue weighted by Gasteiger charge is 2.60. The van der Waals surface area contributed by atoms with Gasteiger partial charge >= 0.3 is 5.97 Å². The van der Waals surface area contributed by atoms with Crippen molar-refractivity contribution in [3.63, 3.8) is 0 Å². The Balaban J connectivity index is 1.50. The first-order chi connectivity index (χ1) is 13.8. The number of hydrogen-bond acceptors (Lipinski definition) is 6. The summed E-state index contributed by atoms with van der Waals surface area (Å²) in [6.07, 6.45) is 0.105. The van der Waals surface area contributed by atoms with Crippen LogP contribution in [0, 0.1) is 11.8 Å². The van der Waals surface area contributed by atoms with Crippen molar-refractivity contribution < 1.29 is 19.8 Å². The Kier molecular flexibility index (Phi) is 5.46. The lowest BCUT2D eigenvalue weighted by molar-refractivity contribution is -0.163. The normalized spacial score (nSPS) is 32.3. The number of hydrogen-bond donors (Lipinski definition) is 4. The van der Waals surface area contributed by atoms with E-state index in [0.29, 0.717) is 6.54 Å². The maximum absolute atomic E-state index is 12.5. The monoisotopic (exact) mass is 417 g/mol. The molecule has 1 aromatic rings.